The molecule has 2 aromatic rings. The van der Waals surface area contributed by atoms with Gasteiger partial charge in [0.1, 0.15) is 5.75 Å². The first-order valence-electron chi connectivity index (χ1n) is 7.55. The van der Waals surface area contributed by atoms with Gasteiger partial charge in [0.15, 0.2) is 0 Å². The van der Waals surface area contributed by atoms with Gasteiger partial charge in [0.25, 0.3) is 0 Å². The maximum absolute atomic E-state index is 10.0. The third kappa shape index (κ3) is 2.66. The molecule has 106 valence electrons. The van der Waals surface area contributed by atoms with Crippen molar-refractivity contribution in [2.24, 2.45) is 0 Å². The van der Waals surface area contributed by atoms with Crippen LogP contribution in [0.4, 0.5) is 0 Å². The number of benzene rings is 2. The van der Waals surface area contributed by atoms with Crippen LogP contribution in [0.2, 0.25) is 18.1 Å². The van der Waals surface area contributed by atoms with Gasteiger partial charge in [-0.05, 0) is 11.6 Å². The summed E-state index contributed by atoms with van der Waals surface area (Å²) in [6.45, 7) is 6.98. The maximum Gasteiger partial charge on any atom is 0.123 e. The van der Waals surface area contributed by atoms with Crippen LogP contribution in [0.5, 0.6) is 5.75 Å². The van der Waals surface area contributed by atoms with E-state index in [0.29, 0.717) is 5.75 Å². The molecule has 2 rings (SSSR count). The van der Waals surface area contributed by atoms with Crippen LogP contribution in [0.1, 0.15) is 20.8 Å². The van der Waals surface area contributed by atoms with Crippen LogP contribution < -0.4 is 5.19 Å². The van der Waals surface area contributed by atoms with E-state index in [1.807, 2.05) is 18.2 Å². The van der Waals surface area contributed by atoms with Crippen molar-refractivity contribution in [1.82, 2.24) is 0 Å². The smallest absolute Gasteiger partial charge is 0.123 e. The molecule has 1 N–H and O–H groups in total. The number of para-hydroxylation sites is 1. The van der Waals surface area contributed by atoms with Crippen LogP contribution in [0.25, 0.3) is 11.1 Å². The summed E-state index contributed by atoms with van der Waals surface area (Å²) in [5.74, 6) is 0.362. The summed E-state index contributed by atoms with van der Waals surface area (Å²) in [4.78, 5) is 0. The fourth-order valence-electron chi connectivity index (χ4n) is 3.10. The molecule has 0 unspecified atom stereocenters. The molecule has 0 amide bonds. The lowest BCUT2D eigenvalue weighted by Gasteiger charge is -2.29. The average Bonchev–Trinajstić information content (AvgIpc) is 2.50. The van der Waals surface area contributed by atoms with Crippen molar-refractivity contribution >= 4 is 13.3 Å². The summed E-state index contributed by atoms with van der Waals surface area (Å²) in [6, 6.07) is 20.3. The van der Waals surface area contributed by atoms with Crippen molar-refractivity contribution in [2.75, 3.05) is 0 Å². The Morgan fingerprint density at radius 3 is 2.10 bits per heavy atom. The third-order valence-electron chi connectivity index (χ3n) is 4.72. The van der Waals surface area contributed by atoms with Gasteiger partial charge < -0.3 is 5.11 Å². The minimum Gasteiger partial charge on any atom is -0.507 e. The number of phenols is 1. The zero-order valence-electron chi connectivity index (χ0n) is 12.7. The first-order chi connectivity index (χ1) is 9.66. The lowest BCUT2D eigenvalue weighted by molar-refractivity contribution is 0.477. The molecule has 0 aliphatic carbocycles. The molecule has 0 fully saturated rings. The molecule has 0 heterocycles. The quantitative estimate of drug-likeness (QED) is 0.784. The molecule has 0 radical (unpaired) electrons. The van der Waals surface area contributed by atoms with Crippen LogP contribution in [-0.2, 0) is 0 Å². The Labute approximate surface area is 123 Å². The lowest BCUT2D eigenvalue weighted by atomic mass is 10.1. The highest BCUT2D eigenvalue weighted by atomic mass is 28.3. The zero-order chi connectivity index (χ0) is 14.6. The molecule has 0 bridgehead atoms. The van der Waals surface area contributed by atoms with E-state index >= 15 is 0 Å². The Bertz CT molecular complexity index is 565. The van der Waals surface area contributed by atoms with E-state index in [0.717, 1.165) is 11.1 Å². The van der Waals surface area contributed by atoms with E-state index in [9.17, 15) is 5.11 Å². The molecular formula is C18H24OSi. The van der Waals surface area contributed by atoms with E-state index < -0.39 is 8.07 Å². The van der Waals surface area contributed by atoms with Crippen molar-refractivity contribution < 1.29 is 5.11 Å². The van der Waals surface area contributed by atoms with Crippen LogP contribution in [0.3, 0.4) is 0 Å². The minimum atomic E-state index is -1.36. The lowest BCUT2D eigenvalue weighted by Crippen LogP contribution is -2.45. The van der Waals surface area contributed by atoms with Crippen molar-refractivity contribution in [1.29, 1.82) is 0 Å². The topological polar surface area (TPSA) is 20.2 Å². The SMILES string of the molecule is CC[Si](CC)(CC)c1cccc(-c2ccccc2O)c1. The fraction of sp³-hybridized carbons (Fsp3) is 0.333. The summed E-state index contributed by atoms with van der Waals surface area (Å²) in [5, 5.41) is 11.6. The Hall–Kier alpha value is -1.54. The van der Waals surface area contributed by atoms with Crippen LogP contribution in [0.15, 0.2) is 48.5 Å². The molecule has 0 atom stereocenters. The molecule has 0 saturated carbocycles. The molecule has 0 aliphatic heterocycles. The van der Waals surface area contributed by atoms with E-state index in [1.54, 1.807) is 6.07 Å². The molecule has 2 heteroatoms. The molecule has 1 nitrogen and oxygen atoms in total. The van der Waals surface area contributed by atoms with E-state index in [-0.39, 0.29) is 0 Å². The van der Waals surface area contributed by atoms with Crippen molar-refractivity contribution in [3.63, 3.8) is 0 Å². The average molecular weight is 284 g/mol. The second-order valence-corrected chi connectivity index (χ2v) is 10.7. The molecule has 0 spiro atoms. The van der Waals surface area contributed by atoms with Gasteiger partial charge in [-0.2, -0.15) is 0 Å². The van der Waals surface area contributed by atoms with Crippen LogP contribution >= 0.6 is 0 Å². The Morgan fingerprint density at radius 1 is 0.850 bits per heavy atom. The number of rotatable bonds is 5. The zero-order valence-corrected chi connectivity index (χ0v) is 13.7. The van der Waals surface area contributed by atoms with Gasteiger partial charge >= 0.3 is 0 Å². The fourth-order valence-corrected chi connectivity index (χ4v) is 6.73. The molecule has 2 aromatic carbocycles. The molecular weight excluding hydrogens is 260 g/mol. The van der Waals surface area contributed by atoms with Gasteiger partial charge in [-0.25, -0.2) is 0 Å². The normalized spacial score (nSPS) is 11.6. The van der Waals surface area contributed by atoms with E-state index in [2.05, 4.69) is 45.0 Å². The van der Waals surface area contributed by atoms with Crippen LogP contribution in [0, 0.1) is 0 Å². The summed E-state index contributed by atoms with van der Waals surface area (Å²) in [7, 11) is -1.36. The van der Waals surface area contributed by atoms with Gasteiger partial charge in [0.2, 0.25) is 0 Å². The number of phenolic OH excluding ortho intramolecular Hbond substituents is 1. The van der Waals surface area contributed by atoms with E-state index in [1.165, 1.54) is 23.3 Å². The summed E-state index contributed by atoms with van der Waals surface area (Å²) < 4.78 is 0. The van der Waals surface area contributed by atoms with E-state index in [4.69, 9.17) is 0 Å². The summed E-state index contributed by atoms with van der Waals surface area (Å²) in [6.07, 6.45) is 0. The largest absolute Gasteiger partial charge is 0.507 e. The standard InChI is InChI=1S/C18H24OSi/c1-4-20(5-2,6-3)16-11-9-10-15(14-16)17-12-7-8-13-18(17)19/h7-14,19H,4-6H2,1-3H3. The molecule has 0 saturated heterocycles. The van der Waals surface area contributed by atoms with Gasteiger partial charge in [-0.3, -0.25) is 0 Å². The monoisotopic (exact) mass is 284 g/mol. The van der Waals surface area contributed by atoms with Gasteiger partial charge in [0, 0.05) is 5.56 Å². The van der Waals surface area contributed by atoms with Crippen molar-refractivity contribution in [3.8, 4) is 16.9 Å². The molecule has 20 heavy (non-hydrogen) atoms. The Kier molecular flexibility index (Phi) is 4.66. The molecule has 0 aromatic heterocycles. The maximum atomic E-state index is 10.0. The highest BCUT2D eigenvalue weighted by Crippen LogP contribution is 2.29. The Morgan fingerprint density at radius 2 is 1.50 bits per heavy atom. The first kappa shape index (κ1) is 14.9. The third-order valence-corrected chi connectivity index (χ3v) is 10.3. The van der Waals surface area contributed by atoms with Crippen LogP contribution in [-0.4, -0.2) is 13.2 Å². The second-order valence-electron chi connectivity index (χ2n) is 5.44. The second kappa shape index (κ2) is 6.27. The Balaban J connectivity index is 2.50. The predicted octanol–water partition coefficient (Wildman–Crippen LogP) is 4.77. The van der Waals surface area contributed by atoms with Crippen molar-refractivity contribution in [2.45, 2.75) is 38.9 Å². The molecule has 0 aliphatic rings. The first-order valence-corrected chi connectivity index (χ1v) is 10.2. The summed E-state index contributed by atoms with van der Waals surface area (Å²) in [5.41, 5.74) is 2.06. The minimum absolute atomic E-state index is 0.362. The van der Waals surface area contributed by atoms with Gasteiger partial charge in [0.05, 0.1) is 8.07 Å². The summed E-state index contributed by atoms with van der Waals surface area (Å²) >= 11 is 0. The van der Waals surface area contributed by atoms with Gasteiger partial charge in [-0.1, -0.05) is 86.6 Å². The number of hydrogen-bond donors (Lipinski definition) is 1. The highest BCUT2D eigenvalue weighted by molar-refractivity contribution is 6.91. The highest BCUT2D eigenvalue weighted by Gasteiger charge is 2.29. The number of aromatic hydroxyl groups is 1. The van der Waals surface area contributed by atoms with Crippen molar-refractivity contribution in [3.05, 3.63) is 48.5 Å². The predicted molar refractivity (Wildman–Crippen MR) is 90.4 cm³/mol. The van der Waals surface area contributed by atoms with Gasteiger partial charge in [-0.15, -0.1) is 0 Å². The number of hydrogen-bond acceptors (Lipinski definition) is 1.